The molecule has 4 aromatic carbocycles. The van der Waals surface area contributed by atoms with Gasteiger partial charge in [0.05, 0.1) is 38.0 Å². The maximum atomic E-state index is 15.0. The highest BCUT2D eigenvalue weighted by Gasteiger charge is 2.66. The quantitative estimate of drug-likeness (QED) is 0.0338. The number of nitrogens with zero attached hydrogens (tertiary/aromatic N) is 2. The van der Waals surface area contributed by atoms with E-state index in [1.165, 1.54) is 0 Å². The van der Waals surface area contributed by atoms with E-state index < -0.39 is 30.1 Å². The van der Waals surface area contributed by atoms with E-state index in [-0.39, 0.29) is 57.1 Å². The maximum Gasteiger partial charge on any atom is 0.410 e. The number of unbranched alkanes of at least 4 members (excludes halogenated alkanes) is 2. The zero-order chi connectivity index (χ0) is 46.6. The molecule has 2 aliphatic heterocycles. The third-order valence-electron chi connectivity index (χ3n) is 13.7. The first-order valence-electron chi connectivity index (χ1n) is 24.0. The van der Waals surface area contributed by atoms with E-state index in [0.717, 1.165) is 72.3 Å². The minimum Gasteiger partial charge on any atom is -0.459 e. The first-order chi connectivity index (χ1) is 32.9. The van der Waals surface area contributed by atoms with Crippen LogP contribution in [-0.2, 0) is 25.6 Å². The summed E-state index contributed by atoms with van der Waals surface area (Å²) in [4.78, 5) is 34.8. The number of aliphatic hydroxyl groups excluding tert-OH is 2. The average molecular weight is 913 g/mol. The zero-order valence-corrected chi connectivity index (χ0v) is 38.3. The number of oxime groups is 1. The van der Waals surface area contributed by atoms with E-state index in [4.69, 9.17) is 33.7 Å². The molecule has 0 bridgehead atoms. The van der Waals surface area contributed by atoms with Gasteiger partial charge in [0.25, 0.3) is 0 Å². The number of amides is 1. The molecular weight excluding hydrogens is 849 g/mol. The fourth-order valence-electron chi connectivity index (χ4n) is 10.6. The van der Waals surface area contributed by atoms with Crippen LogP contribution < -0.4 is 9.47 Å². The van der Waals surface area contributed by atoms with Gasteiger partial charge < -0.3 is 38.7 Å². The van der Waals surface area contributed by atoms with Crippen molar-refractivity contribution >= 4 is 28.9 Å². The van der Waals surface area contributed by atoms with Crippen molar-refractivity contribution in [2.45, 2.75) is 101 Å². The third kappa shape index (κ3) is 10.7. The Morgan fingerprint density at radius 3 is 2.51 bits per heavy atom. The first-order valence-corrected chi connectivity index (χ1v) is 24.0. The monoisotopic (exact) mass is 912 g/mol. The molecule has 12 nitrogen and oxygen atoms in total. The second-order valence-electron chi connectivity index (χ2n) is 17.9. The van der Waals surface area contributed by atoms with Gasteiger partial charge in [0.1, 0.15) is 29.6 Å². The lowest BCUT2D eigenvalue weighted by Gasteiger charge is -2.60. The number of fused-ring (bicyclic) bond motifs is 3. The number of carbonyl (C=O) groups is 2. The number of benzene rings is 4. The van der Waals surface area contributed by atoms with Crippen molar-refractivity contribution in [3.05, 3.63) is 139 Å². The van der Waals surface area contributed by atoms with Gasteiger partial charge in [-0.2, -0.15) is 0 Å². The van der Waals surface area contributed by atoms with Crippen LogP contribution in [-0.4, -0.2) is 84.4 Å². The summed E-state index contributed by atoms with van der Waals surface area (Å²) in [6, 6.07) is 26.2. The van der Waals surface area contributed by atoms with Crippen molar-refractivity contribution in [1.29, 1.82) is 0 Å². The highest BCUT2D eigenvalue weighted by molar-refractivity contribution is 6.03. The summed E-state index contributed by atoms with van der Waals surface area (Å²) in [5.41, 5.74) is 3.90. The molecule has 2 aliphatic carbocycles. The molecule has 7 atom stereocenters. The van der Waals surface area contributed by atoms with Crippen molar-refractivity contribution < 1.29 is 48.3 Å². The van der Waals surface area contributed by atoms with Gasteiger partial charge in [0.15, 0.2) is 0 Å². The van der Waals surface area contributed by atoms with Crippen LogP contribution >= 0.6 is 0 Å². The fraction of sp³-hybridized carbons (Fsp3) is 0.436. The summed E-state index contributed by atoms with van der Waals surface area (Å²) >= 11 is 0. The van der Waals surface area contributed by atoms with Crippen LogP contribution in [0.4, 0.5) is 4.79 Å². The molecule has 1 saturated heterocycles. The maximum absolute atomic E-state index is 15.0. The molecule has 0 aromatic heterocycles. The Bertz CT molecular complexity index is 2400. The highest BCUT2D eigenvalue weighted by Crippen LogP contribution is 2.62. The Kier molecular flexibility index (Phi) is 16.2. The Hall–Kier alpha value is -5.79. The van der Waals surface area contributed by atoms with E-state index in [1.807, 2.05) is 48.5 Å². The molecule has 7 unspecified atom stereocenters. The molecular formula is C55H64N2O10. The molecule has 354 valence electrons. The predicted molar refractivity (Wildman–Crippen MR) is 257 cm³/mol. The fourth-order valence-corrected chi connectivity index (χ4v) is 10.6. The number of allylic oxidation sites excluding steroid dienone is 1. The predicted octanol–water partition coefficient (Wildman–Crippen LogP) is 10.8. The van der Waals surface area contributed by atoms with Crippen LogP contribution in [0.1, 0.15) is 98.0 Å². The largest absolute Gasteiger partial charge is 0.459 e. The van der Waals surface area contributed by atoms with E-state index in [9.17, 15) is 15.0 Å². The topological polar surface area (TPSA) is 146 Å². The van der Waals surface area contributed by atoms with Gasteiger partial charge in [-0.25, -0.2) is 4.79 Å². The molecule has 67 heavy (non-hydrogen) atoms. The van der Waals surface area contributed by atoms with Gasteiger partial charge in [-0.1, -0.05) is 90.8 Å². The summed E-state index contributed by atoms with van der Waals surface area (Å²) in [6.45, 7) is 9.09. The summed E-state index contributed by atoms with van der Waals surface area (Å²) in [5.74, 6) is -0.649. The smallest absolute Gasteiger partial charge is 0.410 e. The van der Waals surface area contributed by atoms with E-state index in [0.29, 0.717) is 60.8 Å². The Balaban J connectivity index is 1.35. The van der Waals surface area contributed by atoms with Gasteiger partial charge >= 0.3 is 6.09 Å². The van der Waals surface area contributed by atoms with Crippen LogP contribution in [0, 0.1) is 17.8 Å². The van der Waals surface area contributed by atoms with Crippen molar-refractivity contribution in [2.24, 2.45) is 22.9 Å². The SMILES string of the molecule is C=CCCOC(=O)N(Cc1cccc2ccccc12)C1CC(=NOC2CCCCO2)C2=CC(CCCCO)C(CCCCO)C3c4cc(Oc5cccc(C=O)c5)ccc4OC1(OCC=C)C23. The molecule has 8 rings (SSSR count). The van der Waals surface area contributed by atoms with Crippen molar-refractivity contribution in [3.63, 3.8) is 0 Å². The molecule has 0 radical (unpaired) electrons. The van der Waals surface area contributed by atoms with Crippen LogP contribution in [0.2, 0.25) is 0 Å². The van der Waals surface area contributed by atoms with Gasteiger partial charge in [-0.15, -0.1) is 13.2 Å². The molecule has 0 spiro atoms. The van der Waals surface area contributed by atoms with Gasteiger partial charge in [-0.3, -0.25) is 9.69 Å². The lowest BCUT2D eigenvalue weighted by Crippen LogP contribution is -2.70. The van der Waals surface area contributed by atoms with Crippen molar-refractivity contribution in [1.82, 2.24) is 4.90 Å². The molecule has 1 saturated carbocycles. The lowest BCUT2D eigenvalue weighted by molar-refractivity contribution is -0.256. The lowest BCUT2D eigenvalue weighted by atomic mass is 9.55. The van der Waals surface area contributed by atoms with Crippen LogP contribution in [0.5, 0.6) is 17.2 Å². The highest BCUT2D eigenvalue weighted by atomic mass is 16.8. The van der Waals surface area contributed by atoms with Crippen LogP contribution in [0.25, 0.3) is 10.8 Å². The standard InChI is InChI=1S/C55H64N2O10/c1-3-5-30-63-54(61)57(36-41-20-15-19-39-17-6-7-22-44(39)41)50-35-48(56-67-51-24-10-13-31-62-51)46-33-40(18-8-11-27-58)45(23-9-12-28-59)52-47-34-43(65-42-21-14-16-38(32-42)37-60)25-26-49(47)66-55(50,53(46)52)64-29-4-2/h3-4,6-7,14-17,19-22,25-26,32-34,37,40,45,50-53,58-59H,1-2,5,8-13,18,23-24,27-31,35-36H2. The minimum absolute atomic E-state index is 0.00403. The van der Waals surface area contributed by atoms with E-state index in [1.54, 1.807) is 35.3 Å². The number of ether oxygens (including phenoxy) is 5. The number of hydrogen-bond donors (Lipinski definition) is 2. The number of rotatable bonds is 22. The van der Waals surface area contributed by atoms with E-state index in [2.05, 4.69) is 37.4 Å². The minimum atomic E-state index is -1.51. The Morgan fingerprint density at radius 2 is 1.72 bits per heavy atom. The van der Waals surface area contributed by atoms with Gasteiger partial charge in [0, 0.05) is 43.1 Å². The molecule has 4 aliphatic rings. The summed E-state index contributed by atoms with van der Waals surface area (Å²) in [6.07, 6.45) is 13.2. The molecule has 2 fully saturated rings. The van der Waals surface area contributed by atoms with Crippen LogP contribution in [0.3, 0.4) is 0 Å². The van der Waals surface area contributed by atoms with Crippen LogP contribution in [0.15, 0.2) is 127 Å². The molecule has 12 heteroatoms. The van der Waals surface area contributed by atoms with Gasteiger partial charge in [0.2, 0.25) is 12.1 Å². The van der Waals surface area contributed by atoms with Crippen molar-refractivity contribution in [3.8, 4) is 17.2 Å². The van der Waals surface area contributed by atoms with Crippen molar-refractivity contribution in [2.75, 3.05) is 33.0 Å². The molecule has 4 aromatic rings. The first kappa shape index (κ1) is 47.7. The average Bonchev–Trinajstić information content (AvgIpc) is 3.36. The second-order valence-corrected chi connectivity index (χ2v) is 17.9. The number of aldehydes is 1. The molecule has 2 N–H and O–H groups in total. The van der Waals surface area contributed by atoms with Gasteiger partial charge in [-0.05, 0) is 109 Å². The molecule has 2 heterocycles. The third-order valence-corrected chi connectivity index (χ3v) is 13.7. The summed E-state index contributed by atoms with van der Waals surface area (Å²) in [5, 5.41) is 27.1. The number of hydrogen-bond acceptors (Lipinski definition) is 11. The second kappa shape index (κ2) is 22.8. The number of aliphatic hydroxyl groups is 2. The normalized spacial score (nSPS) is 24.6. The Labute approximate surface area is 393 Å². The summed E-state index contributed by atoms with van der Waals surface area (Å²) in [7, 11) is 0. The summed E-state index contributed by atoms with van der Waals surface area (Å²) < 4.78 is 33.3. The Morgan fingerprint density at radius 1 is 0.910 bits per heavy atom. The zero-order valence-electron chi connectivity index (χ0n) is 38.3. The van der Waals surface area contributed by atoms with E-state index >= 15 is 4.79 Å². The number of carbonyl (C=O) groups excluding carboxylic acids is 2. The molecule has 1 amide bonds.